The number of piperazine rings is 1. The van der Waals surface area contributed by atoms with Gasteiger partial charge in [0, 0.05) is 37.1 Å². The van der Waals surface area contributed by atoms with Crippen molar-refractivity contribution >= 4 is 23.6 Å². The van der Waals surface area contributed by atoms with Gasteiger partial charge >= 0.3 is 0 Å². The third-order valence-corrected chi connectivity index (χ3v) is 5.74. The van der Waals surface area contributed by atoms with Crippen LogP contribution in [0.4, 0.5) is 4.39 Å². The molecule has 5 nitrogen and oxygen atoms in total. The lowest BCUT2D eigenvalue weighted by molar-refractivity contribution is -0.131. The molecule has 1 aliphatic heterocycles. The van der Waals surface area contributed by atoms with Crippen molar-refractivity contribution in [1.82, 2.24) is 15.1 Å². The smallest absolute Gasteiger partial charge is 0.237 e. The number of rotatable bonds is 6. The van der Waals surface area contributed by atoms with Crippen LogP contribution in [0.2, 0.25) is 0 Å². The van der Waals surface area contributed by atoms with Crippen molar-refractivity contribution in [2.75, 3.05) is 31.9 Å². The summed E-state index contributed by atoms with van der Waals surface area (Å²) in [6.07, 6.45) is 2.17. The SMILES string of the molecule is C[C@H](C(=O)NC1CC1)N1CCN(C(=O)CSc2ccccc2F)CC1. The molecule has 2 amide bonds. The molecule has 0 bridgehead atoms. The summed E-state index contributed by atoms with van der Waals surface area (Å²) in [6.45, 7) is 4.52. The first kappa shape index (κ1) is 18.2. The van der Waals surface area contributed by atoms with Gasteiger partial charge in [0.2, 0.25) is 11.8 Å². The Bertz CT molecular complexity index is 631. The highest BCUT2D eigenvalue weighted by Crippen LogP contribution is 2.22. The topological polar surface area (TPSA) is 52.7 Å². The van der Waals surface area contributed by atoms with Crippen LogP contribution in [0.1, 0.15) is 19.8 Å². The number of carbonyl (C=O) groups excluding carboxylic acids is 2. The summed E-state index contributed by atoms with van der Waals surface area (Å²) in [7, 11) is 0. The van der Waals surface area contributed by atoms with E-state index in [0.717, 1.165) is 12.8 Å². The number of thioether (sulfide) groups is 1. The summed E-state index contributed by atoms with van der Waals surface area (Å²) in [4.78, 5) is 28.9. The number of hydrogen-bond donors (Lipinski definition) is 1. The largest absolute Gasteiger partial charge is 0.352 e. The van der Waals surface area contributed by atoms with Gasteiger partial charge in [0.25, 0.3) is 0 Å². The molecule has 2 aliphatic rings. The number of benzene rings is 1. The average molecular weight is 365 g/mol. The van der Waals surface area contributed by atoms with Crippen LogP contribution in [-0.2, 0) is 9.59 Å². The molecule has 7 heteroatoms. The first-order valence-corrected chi connectivity index (χ1v) is 9.72. The Morgan fingerprint density at radius 3 is 2.56 bits per heavy atom. The number of halogens is 1. The molecule has 1 heterocycles. The van der Waals surface area contributed by atoms with Crippen molar-refractivity contribution in [1.29, 1.82) is 0 Å². The third-order valence-electron chi connectivity index (χ3n) is 4.71. The molecule has 2 fully saturated rings. The monoisotopic (exact) mass is 365 g/mol. The van der Waals surface area contributed by atoms with Crippen LogP contribution in [0.15, 0.2) is 29.2 Å². The zero-order chi connectivity index (χ0) is 17.8. The minimum Gasteiger partial charge on any atom is -0.352 e. The van der Waals surface area contributed by atoms with Crippen molar-refractivity contribution in [2.45, 2.75) is 36.7 Å². The van der Waals surface area contributed by atoms with Gasteiger partial charge in [0.1, 0.15) is 5.82 Å². The summed E-state index contributed by atoms with van der Waals surface area (Å²) in [6, 6.07) is 6.70. The van der Waals surface area contributed by atoms with Crippen LogP contribution in [0.25, 0.3) is 0 Å². The Morgan fingerprint density at radius 1 is 1.24 bits per heavy atom. The Labute approximate surface area is 151 Å². The van der Waals surface area contributed by atoms with E-state index in [2.05, 4.69) is 10.2 Å². The number of nitrogens with one attached hydrogen (secondary N) is 1. The van der Waals surface area contributed by atoms with Gasteiger partial charge in [-0.3, -0.25) is 14.5 Å². The molecule has 1 N–H and O–H groups in total. The van der Waals surface area contributed by atoms with Crippen LogP contribution < -0.4 is 5.32 Å². The van der Waals surface area contributed by atoms with Crippen molar-refractivity contribution in [3.63, 3.8) is 0 Å². The maximum atomic E-state index is 13.6. The summed E-state index contributed by atoms with van der Waals surface area (Å²) in [5.41, 5.74) is 0. The predicted octanol–water partition coefficient (Wildman–Crippen LogP) is 1.73. The normalized spacial score (nSPS) is 19.5. The minimum atomic E-state index is -0.291. The molecule has 3 rings (SSSR count). The van der Waals surface area contributed by atoms with Gasteiger partial charge in [-0.25, -0.2) is 4.39 Å². The molecular formula is C18H24FN3O2S. The fourth-order valence-electron chi connectivity index (χ4n) is 2.87. The van der Waals surface area contributed by atoms with Crippen LogP contribution >= 0.6 is 11.8 Å². The Kier molecular flexibility index (Phi) is 5.96. The Morgan fingerprint density at radius 2 is 1.92 bits per heavy atom. The Balaban J connectivity index is 1.42. The quantitative estimate of drug-likeness (QED) is 0.780. The zero-order valence-corrected chi connectivity index (χ0v) is 15.2. The molecule has 0 radical (unpaired) electrons. The van der Waals surface area contributed by atoms with Crippen molar-refractivity contribution in [3.05, 3.63) is 30.1 Å². The Hall–Kier alpha value is -1.60. The van der Waals surface area contributed by atoms with E-state index in [1.54, 1.807) is 23.1 Å². The molecule has 1 aliphatic carbocycles. The van der Waals surface area contributed by atoms with Crippen LogP contribution in [0.5, 0.6) is 0 Å². The first-order chi connectivity index (χ1) is 12.0. The molecule has 1 aromatic rings. The van der Waals surface area contributed by atoms with E-state index in [9.17, 15) is 14.0 Å². The molecule has 0 aromatic heterocycles. The highest BCUT2D eigenvalue weighted by Gasteiger charge is 2.30. The third kappa shape index (κ3) is 4.95. The molecule has 136 valence electrons. The maximum absolute atomic E-state index is 13.6. The molecule has 1 aromatic carbocycles. The van der Waals surface area contributed by atoms with Gasteiger partial charge in [0.05, 0.1) is 11.8 Å². The van der Waals surface area contributed by atoms with E-state index in [4.69, 9.17) is 0 Å². The van der Waals surface area contributed by atoms with Crippen molar-refractivity contribution < 1.29 is 14.0 Å². The fourth-order valence-corrected chi connectivity index (χ4v) is 3.71. The van der Waals surface area contributed by atoms with E-state index >= 15 is 0 Å². The summed E-state index contributed by atoms with van der Waals surface area (Å²) in [5.74, 6) is 0.0412. The van der Waals surface area contributed by atoms with Crippen LogP contribution in [-0.4, -0.2) is 65.6 Å². The lowest BCUT2D eigenvalue weighted by Gasteiger charge is -2.37. The second kappa shape index (κ2) is 8.19. The molecule has 1 saturated heterocycles. The lowest BCUT2D eigenvalue weighted by atomic mass is 10.2. The number of carbonyl (C=O) groups is 2. The standard InChI is InChI=1S/C18H24FN3O2S/c1-13(18(24)20-14-6-7-14)21-8-10-22(11-9-21)17(23)12-25-16-5-3-2-4-15(16)19/h2-5,13-14H,6-12H2,1H3,(H,20,24)/t13-/m1/s1. The minimum absolute atomic E-state index is 0.0167. The molecule has 1 saturated carbocycles. The summed E-state index contributed by atoms with van der Waals surface area (Å²) < 4.78 is 13.6. The van der Waals surface area contributed by atoms with Crippen LogP contribution in [0.3, 0.4) is 0 Å². The highest BCUT2D eigenvalue weighted by atomic mass is 32.2. The van der Waals surface area contributed by atoms with E-state index in [0.29, 0.717) is 37.1 Å². The van der Waals surface area contributed by atoms with E-state index < -0.39 is 0 Å². The van der Waals surface area contributed by atoms with Gasteiger partial charge < -0.3 is 10.2 Å². The van der Waals surface area contributed by atoms with Crippen molar-refractivity contribution in [3.8, 4) is 0 Å². The van der Waals surface area contributed by atoms with Gasteiger partial charge in [0.15, 0.2) is 0 Å². The van der Waals surface area contributed by atoms with Gasteiger partial charge in [-0.2, -0.15) is 0 Å². The first-order valence-electron chi connectivity index (χ1n) is 8.74. The average Bonchev–Trinajstić information content (AvgIpc) is 3.44. The second-order valence-corrected chi connectivity index (χ2v) is 7.61. The molecule has 25 heavy (non-hydrogen) atoms. The van der Waals surface area contributed by atoms with E-state index in [1.807, 2.05) is 6.92 Å². The number of nitrogens with zero attached hydrogens (tertiary/aromatic N) is 2. The van der Waals surface area contributed by atoms with E-state index in [1.165, 1.54) is 17.8 Å². The highest BCUT2D eigenvalue weighted by molar-refractivity contribution is 8.00. The summed E-state index contributed by atoms with van der Waals surface area (Å²) in [5, 5.41) is 3.03. The van der Waals surface area contributed by atoms with E-state index in [-0.39, 0.29) is 29.4 Å². The molecule has 0 unspecified atom stereocenters. The van der Waals surface area contributed by atoms with Gasteiger partial charge in [-0.05, 0) is 31.9 Å². The maximum Gasteiger partial charge on any atom is 0.237 e. The van der Waals surface area contributed by atoms with Gasteiger partial charge in [-0.1, -0.05) is 12.1 Å². The van der Waals surface area contributed by atoms with Crippen LogP contribution in [0, 0.1) is 5.82 Å². The number of hydrogen-bond acceptors (Lipinski definition) is 4. The fraction of sp³-hybridized carbons (Fsp3) is 0.556. The lowest BCUT2D eigenvalue weighted by Crippen LogP contribution is -2.55. The summed E-state index contributed by atoms with van der Waals surface area (Å²) >= 11 is 1.23. The number of amides is 2. The molecular weight excluding hydrogens is 341 g/mol. The van der Waals surface area contributed by atoms with Gasteiger partial charge in [-0.15, -0.1) is 11.8 Å². The zero-order valence-electron chi connectivity index (χ0n) is 14.4. The second-order valence-electron chi connectivity index (χ2n) is 6.59. The predicted molar refractivity (Wildman–Crippen MR) is 95.9 cm³/mol. The van der Waals surface area contributed by atoms with Crippen molar-refractivity contribution in [2.24, 2.45) is 0 Å². The molecule has 1 atom stereocenters. The molecule has 0 spiro atoms.